The van der Waals surface area contributed by atoms with E-state index in [1.54, 1.807) is 12.2 Å². The Morgan fingerprint density at radius 1 is 0.398 bits per heavy atom. The second-order valence-electron chi connectivity index (χ2n) is 23.5. The first kappa shape index (κ1) is 82.6. The second kappa shape index (κ2) is 53.5. The molecule has 3 saturated heterocycles. The molecule has 93 heavy (non-hydrogen) atoms. The van der Waals surface area contributed by atoms with Crippen molar-refractivity contribution in [2.75, 3.05) is 26.4 Å². The number of carbonyl (C=O) groups is 1. The summed E-state index contributed by atoms with van der Waals surface area (Å²) in [4.78, 5) is 13.3. The molecule has 0 aromatic rings. The smallest absolute Gasteiger partial charge is 0.220 e. The van der Waals surface area contributed by atoms with Crippen LogP contribution in [-0.4, -0.2) is 193 Å². The van der Waals surface area contributed by atoms with Crippen LogP contribution in [0.5, 0.6) is 0 Å². The molecule has 3 aliphatic heterocycles. The van der Waals surface area contributed by atoms with Gasteiger partial charge in [0.1, 0.15) is 73.2 Å². The molecular weight excluding hydrogens is 1190 g/mol. The van der Waals surface area contributed by atoms with Crippen LogP contribution in [0.1, 0.15) is 168 Å². The van der Waals surface area contributed by atoms with E-state index in [-0.39, 0.29) is 18.9 Å². The molecule has 19 heteroatoms. The van der Waals surface area contributed by atoms with Gasteiger partial charge in [0.15, 0.2) is 18.9 Å². The lowest BCUT2D eigenvalue weighted by Crippen LogP contribution is -2.66. The minimum atomic E-state index is -1.99. The Bertz CT molecular complexity index is 2300. The largest absolute Gasteiger partial charge is 0.394 e. The van der Waals surface area contributed by atoms with Gasteiger partial charge in [-0.15, -0.1) is 0 Å². The van der Waals surface area contributed by atoms with Gasteiger partial charge < -0.3 is 89.9 Å². The maximum Gasteiger partial charge on any atom is 0.220 e. The Labute approximate surface area is 555 Å². The van der Waals surface area contributed by atoms with Crippen LogP contribution in [0.2, 0.25) is 0 Å². The van der Waals surface area contributed by atoms with E-state index in [0.717, 1.165) is 135 Å². The van der Waals surface area contributed by atoms with Gasteiger partial charge in [-0.25, -0.2) is 0 Å². The van der Waals surface area contributed by atoms with Crippen LogP contribution < -0.4 is 5.32 Å². The lowest BCUT2D eigenvalue weighted by atomic mass is 9.96. The van der Waals surface area contributed by atoms with E-state index in [4.69, 9.17) is 28.4 Å². The fourth-order valence-electron chi connectivity index (χ4n) is 10.3. The molecule has 3 rings (SSSR count). The van der Waals surface area contributed by atoms with E-state index >= 15 is 0 Å². The Morgan fingerprint density at radius 2 is 0.753 bits per heavy atom. The number of hydrogen-bond acceptors (Lipinski definition) is 18. The summed E-state index contributed by atoms with van der Waals surface area (Å²) in [6.45, 7) is 1.42. The van der Waals surface area contributed by atoms with Crippen molar-refractivity contribution in [2.45, 2.75) is 272 Å². The van der Waals surface area contributed by atoms with Crippen molar-refractivity contribution in [3.8, 4) is 0 Å². The van der Waals surface area contributed by atoms with Gasteiger partial charge in [-0.1, -0.05) is 210 Å². The van der Waals surface area contributed by atoms with E-state index in [9.17, 15) is 61.0 Å². The topological polar surface area (TPSA) is 307 Å². The van der Waals surface area contributed by atoms with Crippen molar-refractivity contribution in [3.05, 3.63) is 158 Å². The summed E-state index contributed by atoms with van der Waals surface area (Å²) >= 11 is 0. The van der Waals surface area contributed by atoms with Crippen molar-refractivity contribution < 1.29 is 89.4 Å². The molecule has 526 valence electrons. The first-order chi connectivity index (χ1) is 45.3. The number of aliphatic hydroxyl groups is 11. The number of nitrogens with one attached hydrogen (secondary N) is 1. The maximum absolute atomic E-state index is 13.3. The predicted molar refractivity (Wildman–Crippen MR) is 364 cm³/mol. The van der Waals surface area contributed by atoms with E-state index in [2.05, 4.69) is 165 Å². The van der Waals surface area contributed by atoms with Gasteiger partial charge in [-0.3, -0.25) is 4.79 Å². The summed E-state index contributed by atoms with van der Waals surface area (Å²) in [6.07, 6.45) is 51.5. The molecule has 3 heterocycles. The molecule has 0 aromatic heterocycles. The number of aliphatic hydroxyl groups excluding tert-OH is 11. The van der Waals surface area contributed by atoms with E-state index in [0.29, 0.717) is 12.8 Å². The highest BCUT2D eigenvalue weighted by Crippen LogP contribution is 2.33. The van der Waals surface area contributed by atoms with Crippen LogP contribution in [0, 0.1) is 0 Å². The molecule has 3 fully saturated rings. The van der Waals surface area contributed by atoms with Crippen molar-refractivity contribution in [3.63, 3.8) is 0 Å². The first-order valence-corrected chi connectivity index (χ1v) is 34.2. The normalized spacial score (nSPS) is 28.5. The summed E-state index contributed by atoms with van der Waals surface area (Å²) in [5.74, 6) is -0.310. The van der Waals surface area contributed by atoms with Crippen molar-refractivity contribution in [1.82, 2.24) is 5.32 Å². The summed E-state index contributed by atoms with van der Waals surface area (Å²) in [6, 6.07) is -1.00. The van der Waals surface area contributed by atoms with Gasteiger partial charge in [0.2, 0.25) is 5.91 Å². The number of allylic oxidation sites excluding steroid dienone is 25. The molecule has 0 saturated carbocycles. The van der Waals surface area contributed by atoms with Crippen molar-refractivity contribution in [1.29, 1.82) is 0 Å². The van der Waals surface area contributed by atoms with Crippen molar-refractivity contribution in [2.24, 2.45) is 0 Å². The molecule has 17 atom stereocenters. The zero-order chi connectivity index (χ0) is 67.5. The average Bonchev–Trinajstić information content (AvgIpc) is 0.798. The number of hydrogen-bond donors (Lipinski definition) is 12. The van der Waals surface area contributed by atoms with Crippen LogP contribution >= 0.6 is 0 Å². The molecule has 1 amide bonds. The fourth-order valence-corrected chi connectivity index (χ4v) is 10.3. The van der Waals surface area contributed by atoms with Gasteiger partial charge in [0, 0.05) is 6.42 Å². The van der Waals surface area contributed by atoms with Gasteiger partial charge in [-0.2, -0.15) is 0 Å². The number of amides is 1. The lowest BCUT2D eigenvalue weighted by molar-refractivity contribution is -0.379. The van der Waals surface area contributed by atoms with Gasteiger partial charge in [0.25, 0.3) is 0 Å². The minimum Gasteiger partial charge on any atom is -0.394 e. The van der Waals surface area contributed by atoms with Crippen LogP contribution in [0.4, 0.5) is 0 Å². The van der Waals surface area contributed by atoms with Gasteiger partial charge in [0.05, 0.1) is 38.6 Å². The lowest BCUT2D eigenvalue weighted by Gasteiger charge is -2.48. The minimum absolute atomic E-state index is 0.211. The summed E-state index contributed by atoms with van der Waals surface area (Å²) < 4.78 is 34.1. The highest BCUT2D eigenvalue weighted by molar-refractivity contribution is 5.76. The molecule has 0 bridgehead atoms. The second-order valence-corrected chi connectivity index (χ2v) is 23.5. The third-order valence-corrected chi connectivity index (χ3v) is 15.8. The molecule has 0 aliphatic carbocycles. The molecule has 0 spiro atoms. The van der Waals surface area contributed by atoms with Crippen LogP contribution in [0.15, 0.2) is 158 Å². The maximum atomic E-state index is 13.3. The van der Waals surface area contributed by atoms with Gasteiger partial charge >= 0.3 is 0 Å². The molecule has 17 unspecified atom stereocenters. The van der Waals surface area contributed by atoms with Crippen LogP contribution in [0.25, 0.3) is 0 Å². The number of rotatable bonds is 49. The Balaban J connectivity index is 1.30. The fraction of sp³-hybridized carbons (Fsp3) is 0.635. The monoisotopic (exact) mass is 1310 g/mol. The SMILES string of the molecule is CC/C=C\C/C=C\C/C=C\C/C=C\C/C=C\C/C=C\C/C=C\C/C=C\C/C=C\C/C=C\C/C=C\CCCCCCCCCC(=O)NC(COC1OC(CO)C(OC2OC(CO)C(OC3OC(CO)C(O)C(O)C3O)C(O)C2O)C(O)C1O)C(O)/C=C/CC/C=C/CCC. The van der Waals surface area contributed by atoms with E-state index in [1.165, 1.54) is 0 Å². The Morgan fingerprint density at radius 3 is 1.19 bits per heavy atom. The number of ether oxygens (including phenoxy) is 6. The highest BCUT2D eigenvalue weighted by atomic mass is 16.8. The quantitative estimate of drug-likeness (QED) is 0.0200. The number of unbranched alkanes of at least 4 members (excludes halogenated alkanes) is 9. The van der Waals surface area contributed by atoms with E-state index < -0.39 is 124 Å². The van der Waals surface area contributed by atoms with E-state index in [1.807, 2.05) is 0 Å². The molecule has 12 N–H and O–H groups in total. The first-order valence-electron chi connectivity index (χ1n) is 34.2. The molecule has 0 aromatic carbocycles. The number of carbonyl (C=O) groups excluding carboxylic acids is 1. The average molecular weight is 1310 g/mol. The molecule has 3 aliphatic rings. The van der Waals surface area contributed by atoms with Gasteiger partial charge in [-0.05, 0) is 109 Å². The Hall–Kier alpha value is -4.59. The third kappa shape index (κ3) is 35.3. The van der Waals surface area contributed by atoms with Crippen LogP contribution in [-0.2, 0) is 33.2 Å². The zero-order valence-corrected chi connectivity index (χ0v) is 55.4. The third-order valence-electron chi connectivity index (χ3n) is 15.8. The zero-order valence-electron chi connectivity index (χ0n) is 55.4. The summed E-state index contributed by atoms with van der Waals surface area (Å²) in [7, 11) is 0. The van der Waals surface area contributed by atoms with Crippen molar-refractivity contribution >= 4 is 5.91 Å². The molecule has 19 nitrogen and oxygen atoms in total. The predicted octanol–water partition coefficient (Wildman–Crippen LogP) is 8.93. The summed E-state index contributed by atoms with van der Waals surface area (Å²) in [5.41, 5.74) is 0. The Kier molecular flexibility index (Phi) is 47.6. The standard InChI is InChI=1S/C74H117NO18/c1-3-5-7-9-11-12-13-14-15-16-17-18-19-20-21-22-23-24-25-26-27-28-29-30-31-32-33-34-35-36-37-38-39-40-41-42-43-44-46-48-50-52-62(80)75-57(58(79)51-49-47-45-10-8-6-4-2)56-88-72-68(86)65(83)70(60(54-77)90-72)93-74-69(87)66(84)71(61(55-78)91-74)92-73-67(85)64(82)63(81)59(53-76)89-73/h5,7-8,10-12,14-15,17-18,20-21,23-24,26-27,29-30,32-33,35-36,38-39,49,51,57-61,63-74,76-79,81-87H,3-4,6,9,13,16,19,22,25,28,31,34,37,40-48,50,52-56H2,1-2H3,(H,75,80)/b7-5-,10-8+,12-11-,15-14-,18-17-,21-20-,24-23-,27-26-,30-29-,33-32-,36-35-,39-38-,51-49+. The van der Waals surface area contributed by atoms with Crippen LogP contribution in [0.3, 0.4) is 0 Å². The summed E-state index contributed by atoms with van der Waals surface area (Å²) in [5, 5.41) is 120. The molecule has 0 radical (unpaired) electrons. The highest BCUT2D eigenvalue weighted by Gasteiger charge is 2.53. The molecular formula is C74H117NO18.